The Hall–Kier alpha value is -1.66. The fourth-order valence-corrected chi connectivity index (χ4v) is 3.33. The van der Waals surface area contributed by atoms with Crippen molar-refractivity contribution >= 4 is 0 Å². The number of fused-ring (bicyclic) bond motifs is 1. The molecule has 0 amide bonds. The molecule has 0 radical (unpaired) electrons. The molecule has 2 aromatic rings. The Balaban J connectivity index is 1.51. The molecule has 4 heterocycles. The van der Waals surface area contributed by atoms with Crippen LogP contribution >= 0.6 is 0 Å². The Morgan fingerprint density at radius 2 is 2.41 bits per heavy atom. The number of aryl methyl sites for hydroxylation is 2. The van der Waals surface area contributed by atoms with Crippen LogP contribution < -0.4 is 5.32 Å². The van der Waals surface area contributed by atoms with Crippen molar-refractivity contribution < 1.29 is 4.74 Å². The topological polar surface area (TPSA) is 56.9 Å². The lowest BCUT2D eigenvalue weighted by molar-refractivity contribution is 0.183. The van der Waals surface area contributed by atoms with Gasteiger partial charge in [0.15, 0.2) is 5.82 Å². The molecule has 0 aliphatic carbocycles. The van der Waals surface area contributed by atoms with Crippen LogP contribution in [-0.4, -0.2) is 39.1 Å². The minimum absolute atomic E-state index is 0.693. The van der Waals surface area contributed by atoms with Gasteiger partial charge in [-0.3, -0.25) is 4.68 Å². The van der Waals surface area contributed by atoms with E-state index in [2.05, 4.69) is 31.8 Å². The fraction of sp³-hybridized carbons (Fsp3) is 0.625. The predicted octanol–water partition coefficient (Wildman–Crippen LogP) is 1.67. The van der Waals surface area contributed by atoms with Crippen molar-refractivity contribution in [3.63, 3.8) is 0 Å². The van der Waals surface area contributed by atoms with E-state index in [-0.39, 0.29) is 0 Å². The number of hydrogen-bond donors (Lipinski definition) is 1. The van der Waals surface area contributed by atoms with E-state index >= 15 is 0 Å². The van der Waals surface area contributed by atoms with Crippen LogP contribution in [0, 0.1) is 5.92 Å². The van der Waals surface area contributed by atoms with Crippen LogP contribution in [-0.2, 0) is 24.4 Å². The molecule has 22 heavy (non-hydrogen) atoms. The lowest BCUT2D eigenvalue weighted by atomic mass is 10.1. The van der Waals surface area contributed by atoms with Gasteiger partial charge in [-0.2, -0.15) is 5.10 Å². The van der Waals surface area contributed by atoms with E-state index in [1.54, 1.807) is 0 Å². The summed E-state index contributed by atoms with van der Waals surface area (Å²) in [4.78, 5) is 4.53. The van der Waals surface area contributed by atoms with E-state index in [4.69, 9.17) is 9.84 Å². The predicted molar refractivity (Wildman–Crippen MR) is 83.3 cm³/mol. The standard InChI is InChI=1S/C16H23N5O/c1-4-17-11-14-10-15(19-21(14)6-1)16-18-5-8-20(16)7-2-13-3-9-22-12-13/h5,8,10,13,17H,1-4,6-7,9,11-12H2/t13-/m0/s1. The fourth-order valence-electron chi connectivity index (χ4n) is 3.33. The van der Waals surface area contributed by atoms with Crippen molar-refractivity contribution in [3.05, 3.63) is 24.2 Å². The van der Waals surface area contributed by atoms with Crippen LogP contribution in [0.5, 0.6) is 0 Å². The molecule has 2 aliphatic heterocycles. The number of hydrogen-bond acceptors (Lipinski definition) is 4. The van der Waals surface area contributed by atoms with Gasteiger partial charge in [0.05, 0.1) is 5.69 Å². The lowest BCUT2D eigenvalue weighted by Gasteiger charge is -2.09. The number of rotatable bonds is 4. The number of nitrogens with one attached hydrogen (secondary N) is 1. The molecule has 0 aromatic carbocycles. The molecule has 2 aliphatic rings. The summed E-state index contributed by atoms with van der Waals surface area (Å²) in [6.07, 6.45) is 7.41. The molecule has 6 heteroatoms. The second-order valence-corrected chi connectivity index (χ2v) is 6.24. The zero-order valence-electron chi connectivity index (χ0n) is 12.9. The third-order valence-corrected chi connectivity index (χ3v) is 4.64. The lowest BCUT2D eigenvalue weighted by Crippen LogP contribution is -2.11. The largest absolute Gasteiger partial charge is 0.381 e. The number of imidazole rings is 1. The Bertz CT molecular complexity index is 603. The van der Waals surface area contributed by atoms with Crippen LogP contribution in [0.3, 0.4) is 0 Å². The molecule has 0 spiro atoms. The summed E-state index contributed by atoms with van der Waals surface area (Å²) < 4.78 is 9.82. The minimum Gasteiger partial charge on any atom is -0.381 e. The summed E-state index contributed by atoms with van der Waals surface area (Å²) in [6.45, 7) is 5.77. The van der Waals surface area contributed by atoms with Crippen LogP contribution in [0.1, 0.15) is 25.0 Å². The van der Waals surface area contributed by atoms with E-state index in [0.29, 0.717) is 5.92 Å². The van der Waals surface area contributed by atoms with Gasteiger partial charge in [0.25, 0.3) is 0 Å². The maximum atomic E-state index is 5.46. The van der Waals surface area contributed by atoms with Crippen LogP contribution in [0.15, 0.2) is 18.5 Å². The zero-order valence-corrected chi connectivity index (χ0v) is 12.9. The van der Waals surface area contributed by atoms with Crippen LogP contribution in [0.2, 0.25) is 0 Å². The average Bonchev–Trinajstić information content (AvgIpc) is 3.24. The number of aromatic nitrogens is 4. The first-order valence-corrected chi connectivity index (χ1v) is 8.27. The molecule has 1 fully saturated rings. The van der Waals surface area contributed by atoms with Crippen molar-refractivity contribution in [1.29, 1.82) is 0 Å². The molecule has 0 unspecified atom stereocenters. The van der Waals surface area contributed by atoms with Gasteiger partial charge >= 0.3 is 0 Å². The van der Waals surface area contributed by atoms with Gasteiger partial charge in [0, 0.05) is 45.2 Å². The third kappa shape index (κ3) is 2.80. The van der Waals surface area contributed by atoms with Gasteiger partial charge in [-0.25, -0.2) is 4.98 Å². The highest BCUT2D eigenvalue weighted by molar-refractivity contribution is 5.50. The smallest absolute Gasteiger partial charge is 0.160 e. The Labute approximate surface area is 130 Å². The molecule has 2 aromatic heterocycles. The number of nitrogens with zero attached hydrogens (tertiary/aromatic N) is 4. The first-order valence-electron chi connectivity index (χ1n) is 8.27. The van der Waals surface area contributed by atoms with E-state index in [9.17, 15) is 0 Å². The second kappa shape index (κ2) is 6.22. The molecule has 4 rings (SSSR count). The monoisotopic (exact) mass is 301 g/mol. The van der Waals surface area contributed by atoms with Gasteiger partial charge in [-0.1, -0.05) is 0 Å². The van der Waals surface area contributed by atoms with Crippen molar-refractivity contribution in [3.8, 4) is 11.5 Å². The highest BCUT2D eigenvalue weighted by atomic mass is 16.5. The average molecular weight is 301 g/mol. The number of ether oxygens (including phenoxy) is 1. The van der Waals surface area contributed by atoms with Gasteiger partial charge in [-0.15, -0.1) is 0 Å². The Kier molecular flexibility index (Phi) is 3.95. The van der Waals surface area contributed by atoms with Crippen LogP contribution in [0.25, 0.3) is 11.5 Å². The van der Waals surface area contributed by atoms with Crippen molar-refractivity contribution in [2.24, 2.45) is 5.92 Å². The quantitative estimate of drug-likeness (QED) is 0.933. The summed E-state index contributed by atoms with van der Waals surface area (Å²) in [5.41, 5.74) is 2.25. The maximum Gasteiger partial charge on any atom is 0.160 e. The molecular formula is C16H23N5O. The molecule has 1 saturated heterocycles. The SMILES string of the molecule is c1cn(CC[C@H]2CCOC2)c(-c2cc3n(n2)CCCNC3)n1. The molecule has 1 N–H and O–H groups in total. The van der Waals surface area contributed by atoms with Gasteiger partial charge in [-0.05, 0) is 37.8 Å². The summed E-state index contributed by atoms with van der Waals surface area (Å²) in [5.74, 6) is 1.68. The Morgan fingerprint density at radius 1 is 1.41 bits per heavy atom. The molecular weight excluding hydrogens is 278 g/mol. The minimum atomic E-state index is 0.693. The normalized spacial score (nSPS) is 21.7. The zero-order chi connectivity index (χ0) is 14.8. The van der Waals surface area contributed by atoms with E-state index < -0.39 is 0 Å². The highest BCUT2D eigenvalue weighted by Crippen LogP contribution is 2.22. The second-order valence-electron chi connectivity index (χ2n) is 6.24. The molecule has 0 bridgehead atoms. The summed E-state index contributed by atoms with van der Waals surface area (Å²) >= 11 is 0. The summed E-state index contributed by atoms with van der Waals surface area (Å²) in [7, 11) is 0. The first-order chi connectivity index (χ1) is 10.9. The first kappa shape index (κ1) is 14.0. The van der Waals surface area contributed by atoms with E-state index in [1.165, 1.54) is 12.1 Å². The molecule has 1 atom stereocenters. The summed E-state index contributed by atoms with van der Waals surface area (Å²) in [5, 5.41) is 8.20. The molecule has 0 saturated carbocycles. The molecule has 6 nitrogen and oxygen atoms in total. The molecule has 118 valence electrons. The van der Waals surface area contributed by atoms with Gasteiger partial charge < -0.3 is 14.6 Å². The third-order valence-electron chi connectivity index (χ3n) is 4.64. The van der Waals surface area contributed by atoms with E-state index in [1.807, 2.05) is 6.20 Å². The van der Waals surface area contributed by atoms with E-state index in [0.717, 1.165) is 63.8 Å². The van der Waals surface area contributed by atoms with Crippen molar-refractivity contribution in [1.82, 2.24) is 24.6 Å². The van der Waals surface area contributed by atoms with Crippen molar-refractivity contribution in [2.75, 3.05) is 19.8 Å². The summed E-state index contributed by atoms with van der Waals surface area (Å²) in [6, 6.07) is 2.18. The van der Waals surface area contributed by atoms with Gasteiger partial charge in [0.2, 0.25) is 0 Å². The van der Waals surface area contributed by atoms with Crippen LogP contribution in [0.4, 0.5) is 0 Å². The van der Waals surface area contributed by atoms with Crippen molar-refractivity contribution in [2.45, 2.75) is 38.9 Å². The maximum absolute atomic E-state index is 5.46. The Morgan fingerprint density at radius 3 is 3.32 bits per heavy atom. The highest BCUT2D eigenvalue weighted by Gasteiger charge is 2.18. The van der Waals surface area contributed by atoms with Gasteiger partial charge in [0.1, 0.15) is 5.69 Å².